The maximum atomic E-state index is 12.4. The minimum Gasteiger partial charge on any atom is -0.378 e. The van der Waals surface area contributed by atoms with Gasteiger partial charge in [-0.05, 0) is 42.7 Å². The average Bonchev–Trinajstić information content (AvgIpc) is 2.56. The summed E-state index contributed by atoms with van der Waals surface area (Å²) in [6.45, 7) is 0. The van der Waals surface area contributed by atoms with Crippen molar-refractivity contribution in [2.75, 3.05) is 5.32 Å². The minimum absolute atomic E-state index is 0.0511. The lowest BCUT2D eigenvalue weighted by atomic mass is 9.80. The summed E-state index contributed by atoms with van der Waals surface area (Å²) in [7, 11) is 0. The third-order valence-electron chi connectivity index (χ3n) is 4.33. The van der Waals surface area contributed by atoms with Gasteiger partial charge in [0, 0.05) is 22.5 Å². The predicted molar refractivity (Wildman–Crippen MR) is 93.9 cm³/mol. The van der Waals surface area contributed by atoms with Crippen LogP contribution in [0.2, 0.25) is 0 Å². The highest BCUT2D eigenvalue weighted by atomic mass is 79.9. The molecule has 0 amide bonds. The number of carbonyl (C=O) groups excluding carboxylic acids is 1. The summed E-state index contributed by atoms with van der Waals surface area (Å²) in [5, 5.41) is 3.58. The van der Waals surface area contributed by atoms with E-state index < -0.39 is 0 Å². The van der Waals surface area contributed by atoms with Gasteiger partial charge < -0.3 is 5.32 Å². The van der Waals surface area contributed by atoms with Crippen molar-refractivity contribution in [2.45, 2.75) is 31.7 Å². The number of hydrogen-bond donors (Lipinski definition) is 1. The van der Waals surface area contributed by atoms with Crippen molar-refractivity contribution in [1.82, 2.24) is 0 Å². The zero-order chi connectivity index (χ0) is 15.4. The molecule has 1 saturated carbocycles. The summed E-state index contributed by atoms with van der Waals surface area (Å²) in [6.07, 6.45) is 3.87. The molecule has 1 aliphatic rings. The Bertz CT molecular complexity index is 624. The third kappa shape index (κ3) is 3.58. The monoisotopic (exact) mass is 357 g/mol. The van der Waals surface area contributed by atoms with Crippen LogP contribution in [0.15, 0.2) is 59.1 Å². The van der Waals surface area contributed by atoms with Crippen molar-refractivity contribution in [1.29, 1.82) is 0 Å². The molecule has 114 valence electrons. The maximum Gasteiger partial charge on any atom is 0.138 e. The molecular weight excluding hydrogens is 338 g/mol. The molecule has 1 fully saturated rings. The number of halogens is 1. The molecule has 22 heavy (non-hydrogen) atoms. The molecule has 2 nitrogen and oxygen atoms in total. The van der Waals surface area contributed by atoms with Crippen LogP contribution in [0.25, 0.3) is 0 Å². The third-order valence-corrected chi connectivity index (χ3v) is 4.86. The highest BCUT2D eigenvalue weighted by Crippen LogP contribution is 2.35. The van der Waals surface area contributed by atoms with Crippen LogP contribution >= 0.6 is 15.9 Å². The Morgan fingerprint density at radius 3 is 2.41 bits per heavy atom. The van der Waals surface area contributed by atoms with Gasteiger partial charge >= 0.3 is 0 Å². The molecule has 3 rings (SSSR count). The van der Waals surface area contributed by atoms with Gasteiger partial charge in [-0.1, -0.05) is 52.7 Å². The molecule has 2 aromatic carbocycles. The summed E-state index contributed by atoms with van der Waals surface area (Å²) >= 11 is 3.46. The number of ketones is 1. The SMILES string of the molecule is O=C1CCCC[C@H]1[C@@H](Nc1ccc(Br)cc1)c1ccccc1. The molecule has 0 radical (unpaired) electrons. The average molecular weight is 358 g/mol. The van der Waals surface area contributed by atoms with E-state index in [4.69, 9.17) is 0 Å². The molecular formula is C19H20BrNO. The van der Waals surface area contributed by atoms with Crippen LogP contribution in [-0.4, -0.2) is 5.78 Å². The van der Waals surface area contributed by atoms with Crippen LogP contribution in [0.4, 0.5) is 5.69 Å². The molecule has 1 N–H and O–H groups in total. The number of rotatable bonds is 4. The predicted octanol–water partition coefficient (Wildman–Crippen LogP) is 5.36. The summed E-state index contributed by atoms with van der Waals surface area (Å²) < 4.78 is 1.06. The normalized spacial score (nSPS) is 19.7. The zero-order valence-electron chi connectivity index (χ0n) is 12.5. The lowest BCUT2D eigenvalue weighted by Gasteiger charge is -2.31. The largest absolute Gasteiger partial charge is 0.378 e. The number of Topliss-reactive ketones (excluding diaryl/α,β-unsaturated/α-hetero) is 1. The van der Waals surface area contributed by atoms with Gasteiger partial charge in [-0.3, -0.25) is 4.79 Å². The van der Waals surface area contributed by atoms with Gasteiger partial charge in [0.15, 0.2) is 0 Å². The first-order valence-electron chi connectivity index (χ1n) is 7.84. The minimum atomic E-state index is 0.0511. The van der Waals surface area contributed by atoms with Crippen LogP contribution in [0.3, 0.4) is 0 Å². The molecule has 0 aromatic heterocycles. The first-order chi connectivity index (χ1) is 10.7. The van der Waals surface area contributed by atoms with E-state index in [0.717, 1.165) is 35.8 Å². The number of nitrogens with one attached hydrogen (secondary N) is 1. The first-order valence-corrected chi connectivity index (χ1v) is 8.63. The number of anilines is 1. The van der Waals surface area contributed by atoms with E-state index in [0.29, 0.717) is 5.78 Å². The quantitative estimate of drug-likeness (QED) is 0.797. The molecule has 0 heterocycles. The fourth-order valence-electron chi connectivity index (χ4n) is 3.16. The van der Waals surface area contributed by atoms with Crippen molar-refractivity contribution in [3.8, 4) is 0 Å². The van der Waals surface area contributed by atoms with Gasteiger partial charge in [0.25, 0.3) is 0 Å². The first kappa shape index (κ1) is 15.3. The fraction of sp³-hybridized carbons (Fsp3) is 0.316. The molecule has 3 heteroatoms. The van der Waals surface area contributed by atoms with Crippen LogP contribution in [0.1, 0.15) is 37.3 Å². The zero-order valence-corrected chi connectivity index (χ0v) is 14.1. The summed E-state index contributed by atoms with van der Waals surface area (Å²) in [4.78, 5) is 12.4. The molecule has 0 aliphatic heterocycles. The van der Waals surface area contributed by atoms with Gasteiger partial charge in [0.05, 0.1) is 6.04 Å². The van der Waals surface area contributed by atoms with E-state index in [-0.39, 0.29) is 12.0 Å². The molecule has 0 saturated heterocycles. The molecule has 2 atom stereocenters. The second-order valence-electron chi connectivity index (χ2n) is 5.86. The molecule has 1 aliphatic carbocycles. The Hall–Kier alpha value is -1.61. The summed E-state index contributed by atoms with van der Waals surface area (Å²) in [6, 6.07) is 18.5. The van der Waals surface area contributed by atoms with E-state index in [1.54, 1.807) is 0 Å². The van der Waals surface area contributed by atoms with Crippen molar-refractivity contribution in [2.24, 2.45) is 5.92 Å². The van der Waals surface area contributed by atoms with Crippen molar-refractivity contribution in [3.63, 3.8) is 0 Å². The van der Waals surface area contributed by atoms with Crippen LogP contribution in [0, 0.1) is 5.92 Å². The van der Waals surface area contributed by atoms with E-state index >= 15 is 0 Å². The number of benzene rings is 2. The second-order valence-corrected chi connectivity index (χ2v) is 6.77. The van der Waals surface area contributed by atoms with E-state index in [1.165, 1.54) is 5.56 Å². The molecule has 0 spiro atoms. The van der Waals surface area contributed by atoms with Crippen molar-refractivity contribution in [3.05, 3.63) is 64.6 Å². The summed E-state index contributed by atoms with van der Waals surface area (Å²) in [5.74, 6) is 0.463. The van der Waals surface area contributed by atoms with Gasteiger partial charge in [-0.15, -0.1) is 0 Å². The Morgan fingerprint density at radius 2 is 1.73 bits per heavy atom. The highest BCUT2D eigenvalue weighted by molar-refractivity contribution is 9.10. The van der Waals surface area contributed by atoms with Crippen molar-refractivity contribution < 1.29 is 4.79 Å². The van der Waals surface area contributed by atoms with Gasteiger partial charge in [-0.2, -0.15) is 0 Å². The molecule has 0 bridgehead atoms. The van der Waals surface area contributed by atoms with Gasteiger partial charge in [0.2, 0.25) is 0 Å². The second kappa shape index (κ2) is 7.10. The Labute approximate surface area is 140 Å². The maximum absolute atomic E-state index is 12.4. The van der Waals surface area contributed by atoms with Crippen LogP contribution in [-0.2, 0) is 4.79 Å². The van der Waals surface area contributed by atoms with Crippen LogP contribution in [0.5, 0.6) is 0 Å². The smallest absolute Gasteiger partial charge is 0.138 e. The number of carbonyl (C=O) groups is 1. The Balaban J connectivity index is 1.88. The lowest BCUT2D eigenvalue weighted by Crippen LogP contribution is -2.30. The fourth-order valence-corrected chi connectivity index (χ4v) is 3.43. The van der Waals surface area contributed by atoms with E-state index in [2.05, 4.69) is 33.4 Å². The van der Waals surface area contributed by atoms with Gasteiger partial charge in [-0.25, -0.2) is 0 Å². The molecule has 0 unspecified atom stereocenters. The Morgan fingerprint density at radius 1 is 1.00 bits per heavy atom. The Kier molecular flexibility index (Phi) is 4.94. The number of hydrogen-bond acceptors (Lipinski definition) is 2. The summed E-state index contributed by atoms with van der Waals surface area (Å²) in [5.41, 5.74) is 2.24. The van der Waals surface area contributed by atoms with Crippen molar-refractivity contribution >= 4 is 27.4 Å². The highest BCUT2D eigenvalue weighted by Gasteiger charge is 2.31. The lowest BCUT2D eigenvalue weighted by molar-refractivity contribution is -0.125. The topological polar surface area (TPSA) is 29.1 Å². The standard InChI is InChI=1S/C19H20BrNO/c20-15-10-12-16(13-11-15)21-19(14-6-2-1-3-7-14)17-8-4-5-9-18(17)22/h1-3,6-7,10-13,17,19,21H,4-5,8-9H2/t17-,19+/m1/s1. The van der Waals surface area contributed by atoms with E-state index in [9.17, 15) is 4.79 Å². The van der Waals surface area contributed by atoms with Crippen LogP contribution < -0.4 is 5.32 Å². The molecule has 2 aromatic rings. The van der Waals surface area contributed by atoms with Gasteiger partial charge in [0.1, 0.15) is 5.78 Å². The van der Waals surface area contributed by atoms with E-state index in [1.807, 2.05) is 42.5 Å².